The summed E-state index contributed by atoms with van der Waals surface area (Å²) in [6, 6.07) is 5.68. The summed E-state index contributed by atoms with van der Waals surface area (Å²) in [5, 5.41) is 8.21. The largest absolute Gasteiger partial charge is 0.486 e. The number of likely N-dealkylation sites (tertiary alicyclic amines) is 1. The van der Waals surface area contributed by atoms with Gasteiger partial charge < -0.3 is 15.5 Å². The van der Waals surface area contributed by atoms with Crippen molar-refractivity contribution in [3.63, 3.8) is 0 Å². The lowest BCUT2D eigenvalue weighted by molar-refractivity contribution is -0.129. The Morgan fingerprint density at radius 1 is 1.32 bits per heavy atom. The van der Waals surface area contributed by atoms with Crippen LogP contribution in [-0.4, -0.2) is 44.0 Å². The number of nitrogen functional groups attached to an aromatic ring is 1. The van der Waals surface area contributed by atoms with E-state index in [1.165, 1.54) is 40.7 Å². The lowest BCUT2D eigenvalue weighted by Crippen LogP contribution is -2.34. The zero-order valence-electron chi connectivity index (χ0n) is 13.9. The maximum atomic E-state index is 12.9. The van der Waals surface area contributed by atoms with E-state index in [0.717, 1.165) is 25.9 Å². The first-order chi connectivity index (χ1) is 12.0. The standard InChI is InChI=1S/C16H20FN5O2S/c1-11(15(23)21-8-2-3-9-21)25-16-20-19-14(22(16)18)10-24-13-6-4-12(17)5-7-13/h4-7,11H,2-3,8-10,18H2,1H3. The van der Waals surface area contributed by atoms with Gasteiger partial charge in [0, 0.05) is 13.1 Å². The molecule has 2 heterocycles. The second-order valence-electron chi connectivity index (χ2n) is 5.80. The number of carbonyl (C=O) groups is 1. The Morgan fingerprint density at radius 3 is 2.68 bits per heavy atom. The number of hydrogen-bond donors (Lipinski definition) is 1. The molecule has 1 aliphatic rings. The summed E-state index contributed by atoms with van der Waals surface area (Å²) >= 11 is 1.28. The summed E-state index contributed by atoms with van der Waals surface area (Å²) in [5.41, 5.74) is 0. The van der Waals surface area contributed by atoms with Crippen LogP contribution in [0.15, 0.2) is 29.4 Å². The minimum absolute atomic E-state index is 0.0922. The van der Waals surface area contributed by atoms with Crippen molar-refractivity contribution in [2.75, 3.05) is 18.9 Å². The zero-order chi connectivity index (χ0) is 17.8. The molecule has 2 N–H and O–H groups in total. The molecule has 0 saturated carbocycles. The normalized spacial score (nSPS) is 15.4. The van der Waals surface area contributed by atoms with E-state index in [1.807, 2.05) is 11.8 Å². The highest BCUT2D eigenvalue weighted by molar-refractivity contribution is 8.00. The summed E-state index contributed by atoms with van der Waals surface area (Å²) in [6.07, 6.45) is 2.11. The molecule has 25 heavy (non-hydrogen) atoms. The molecule has 1 atom stereocenters. The number of thioether (sulfide) groups is 1. The number of ether oxygens (including phenoxy) is 1. The second kappa shape index (κ2) is 7.73. The van der Waals surface area contributed by atoms with Gasteiger partial charge in [-0.05, 0) is 44.0 Å². The quantitative estimate of drug-likeness (QED) is 0.621. The van der Waals surface area contributed by atoms with Crippen LogP contribution in [0.25, 0.3) is 0 Å². The van der Waals surface area contributed by atoms with Crippen molar-refractivity contribution in [2.45, 2.75) is 36.8 Å². The van der Waals surface area contributed by atoms with E-state index in [-0.39, 0.29) is 23.6 Å². The van der Waals surface area contributed by atoms with Crippen LogP contribution in [0.1, 0.15) is 25.6 Å². The third kappa shape index (κ3) is 4.22. The maximum Gasteiger partial charge on any atom is 0.235 e. The Bertz CT molecular complexity index is 731. The number of carbonyl (C=O) groups excluding carboxylic acids is 1. The first-order valence-electron chi connectivity index (χ1n) is 8.08. The van der Waals surface area contributed by atoms with Crippen molar-refractivity contribution in [3.8, 4) is 5.75 Å². The number of halogens is 1. The van der Waals surface area contributed by atoms with Crippen LogP contribution in [0.3, 0.4) is 0 Å². The van der Waals surface area contributed by atoms with Crippen molar-refractivity contribution in [1.82, 2.24) is 19.8 Å². The fraction of sp³-hybridized carbons (Fsp3) is 0.438. The number of amides is 1. The van der Waals surface area contributed by atoms with Crippen molar-refractivity contribution < 1.29 is 13.9 Å². The topological polar surface area (TPSA) is 86.3 Å². The summed E-state index contributed by atoms with van der Waals surface area (Å²) in [7, 11) is 0. The van der Waals surface area contributed by atoms with Gasteiger partial charge in [-0.3, -0.25) is 4.79 Å². The molecule has 2 aromatic rings. The number of hydrogen-bond acceptors (Lipinski definition) is 6. The average Bonchev–Trinajstić information content (AvgIpc) is 3.25. The molecule has 1 amide bonds. The lowest BCUT2D eigenvalue weighted by atomic mass is 10.3. The molecule has 7 nitrogen and oxygen atoms in total. The molecule has 1 aromatic heterocycles. The lowest BCUT2D eigenvalue weighted by Gasteiger charge is -2.19. The van der Waals surface area contributed by atoms with E-state index in [9.17, 15) is 9.18 Å². The zero-order valence-corrected chi connectivity index (χ0v) is 14.7. The Balaban J connectivity index is 1.58. The third-order valence-electron chi connectivity index (χ3n) is 3.96. The molecule has 9 heteroatoms. The van der Waals surface area contributed by atoms with Gasteiger partial charge in [0.25, 0.3) is 0 Å². The molecule has 1 aromatic carbocycles. The van der Waals surface area contributed by atoms with Gasteiger partial charge in [0.15, 0.2) is 5.82 Å². The molecule has 1 aliphatic heterocycles. The van der Waals surface area contributed by atoms with Gasteiger partial charge in [-0.15, -0.1) is 10.2 Å². The van der Waals surface area contributed by atoms with E-state index < -0.39 is 0 Å². The van der Waals surface area contributed by atoms with Crippen LogP contribution in [0.2, 0.25) is 0 Å². The second-order valence-corrected chi connectivity index (χ2v) is 7.11. The fourth-order valence-electron chi connectivity index (χ4n) is 2.57. The molecule has 0 spiro atoms. The number of benzene rings is 1. The van der Waals surface area contributed by atoms with E-state index >= 15 is 0 Å². The summed E-state index contributed by atoms with van der Waals surface area (Å²) in [4.78, 5) is 14.2. The van der Waals surface area contributed by atoms with Gasteiger partial charge in [0.2, 0.25) is 11.1 Å². The van der Waals surface area contributed by atoms with E-state index in [2.05, 4.69) is 10.2 Å². The minimum Gasteiger partial charge on any atom is -0.486 e. The van der Waals surface area contributed by atoms with Crippen LogP contribution >= 0.6 is 11.8 Å². The van der Waals surface area contributed by atoms with Crippen LogP contribution in [0.4, 0.5) is 4.39 Å². The smallest absolute Gasteiger partial charge is 0.235 e. The predicted octanol–water partition coefficient (Wildman–Crippen LogP) is 1.81. The van der Waals surface area contributed by atoms with Crippen LogP contribution < -0.4 is 10.6 Å². The predicted molar refractivity (Wildman–Crippen MR) is 92.0 cm³/mol. The van der Waals surface area contributed by atoms with Crippen LogP contribution in [0.5, 0.6) is 5.75 Å². The monoisotopic (exact) mass is 365 g/mol. The molecule has 0 radical (unpaired) electrons. The SMILES string of the molecule is CC(Sc1nnc(COc2ccc(F)cc2)n1N)C(=O)N1CCCC1. The molecule has 1 saturated heterocycles. The number of nitrogens with two attached hydrogens (primary N) is 1. The highest BCUT2D eigenvalue weighted by atomic mass is 32.2. The molecule has 0 aliphatic carbocycles. The first-order valence-corrected chi connectivity index (χ1v) is 8.96. The molecule has 134 valence electrons. The van der Waals surface area contributed by atoms with Gasteiger partial charge in [0.1, 0.15) is 18.2 Å². The molecular formula is C16H20FN5O2S. The van der Waals surface area contributed by atoms with Gasteiger partial charge >= 0.3 is 0 Å². The Morgan fingerprint density at radius 2 is 2.00 bits per heavy atom. The van der Waals surface area contributed by atoms with Gasteiger partial charge in [0.05, 0.1) is 5.25 Å². The van der Waals surface area contributed by atoms with Crippen molar-refractivity contribution in [3.05, 3.63) is 35.9 Å². The average molecular weight is 365 g/mol. The Kier molecular flexibility index (Phi) is 5.42. The van der Waals surface area contributed by atoms with Crippen molar-refractivity contribution >= 4 is 17.7 Å². The molecule has 1 unspecified atom stereocenters. The third-order valence-corrected chi connectivity index (χ3v) is 5.01. The number of nitrogens with zero attached hydrogens (tertiary/aromatic N) is 4. The minimum atomic E-state index is -0.329. The van der Waals surface area contributed by atoms with Gasteiger partial charge in [-0.1, -0.05) is 11.8 Å². The molecular weight excluding hydrogens is 345 g/mol. The first kappa shape index (κ1) is 17.5. The molecule has 0 bridgehead atoms. The maximum absolute atomic E-state index is 12.9. The van der Waals surface area contributed by atoms with Crippen LogP contribution in [-0.2, 0) is 11.4 Å². The van der Waals surface area contributed by atoms with Crippen LogP contribution in [0, 0.1) is 5.82 Å². The summed E-state index contributed by atoms with van der Waals surface area (Å²) in [5.74, 6) is 6.70. The van der Waals surface area contributed by atoms with Gasteiger partial charge in [-0.2, -0.15) is 0 Å². The molecule has 1 fully saturated rings. The van der Waals surface area contributed by atoms with Gasteiger partial charge in [-0.25, -0.2) is 9.07 Å². The van der Waals surface area contributed by atoms with Crippen molar-refractivity contribution in [2.24, 2.45) is 0 Å². The number of rotatable bonds is 6. The summed E-state index contributed by atoms with van der Waals surface area (Å²) in [6.45, 7) is 3.57. The fourth-order valence-corrected chi connectivity index (χ4v) is 3.44. The molecule has 3 rings (SSSR count). The Labute approximate surface area is 149 Å². The highest BCUT2D eigenvalue weighted by Crippen LogP contribution is 2.24. The summed E-state index contributed by atoms with van der Waals surface area (Å²) < 4.78 is 19.7. The number of aromatic nitrogens is 3. The van der Waals surface area contributed by atoms with Crippen molar-refractivity contribution in [1.29, 1.82) is 0 Å². The van der Waals surface area contributed by atoms with E-state index in [4.69, 9.17) is 10.6 Å². The highest BCUT2D eigenvalue weighted by Gasteiger charge is 2.25. The Hall–Kier alpha value is -2.29. The van der Waals surface area contributed by atoms with E-state index in [0.29, 0.717) is 16.7 Å². The van der Waals surface area contributed by atoms with E-state index in [1.54, 1.807) is 0 Å².